The van der Waals surface area contributed by atoms with Crippen LogP contribution in [0.15, 0.2) is 67.1 Å². The minimum Gasteiger partial charge on any atom is -0.384 e. The molecule has 4 fully saturated rings. The lowest BCUT2D eigenvalue weighted by atomic mass is 9.86. The van der Waals surface area contributed by atoms with E-state index < -0.39 is 47.7 Å². The van der Waals surface area contributed by atoms with E-state index in [2.05, 4.69) is 67.3 Å². The Hall–Kier alpha value is -6.60. The van der Waals surface area contributed by atoms with Gasteiger partial charge in [-0.05, 0) is 93.7 Å². The molecule has 0 radical (unpaired) electrons. The maximum atomic E-state index is 14.3. The van der Waals surface area contributed by atoms with Gasteiger partial charge in [0.25, 0.3) is 24.1 Å². The van der Waals surface area contributed by atoms with Gasteiger partial charge >= 0.3 is 0 Å². The van der Waals surface area contributed by atoms with E-state index in [1.54, 1.807) is 29.1 Å². The van der Waals surface area contributed by atoms with Crippen molar-refractivity contribution in [2.24, 2.45) is 5.92 Å². The van der Waals surface area contributed by atoms with Crippen LogP contribution in [0.2, 0.25) is 0 Å². The van der Waals surface area contributed by atoms with Gasteiger partial charge in [0.15, 0.2) is 11.3 Å². The van der Waals surface area contributed by atoms with E-state index in [1.807, 2.05) is 6.07 Å². The van der Waals surface area contributed by atoms with Crippen LogP contribution in [0.3, 0.4) is 0 Å². The van der Waals surface area contributed by atoms with Crippen molar-refractivity contribution >= 4 is 52.4 Å². The molecule has 3 N–H and O–H groups in total. The number of likely N-dealkylation sites (N-methyl/N-ethyl adjacent to an activating group) is 1. The lowest BCUT2D eigenvalue weighted by Crippen LogP contribution is -2.54. The number of rotatable bonds is 15. The zero-order chi connectivity index (χ0) is 45.6. The molecule has 3 aromatic heterocycles. The minimum atomic E-state index is -2.87. The molecule has 2 bridgehead atoms. The number of piperidine rings is 1. The fraction of sp³-hybridized carbons (Fsp3) is 0.447. The number of imide groups is 2. The van der Waals surface area contributed by atoms with Crippen LogP contribution in [0.25, 0.3) is 5.65 Å². The van der Waals surface area contributed by atoms with Crippen LogP contribution >= 0.6 is 0 Å². The molecule has 1 aliphatic carbocycles. The maximum absolute atomic E-state index is 14.3. The third kappa shape index (κ3) is 8.52. The van der Waals surface area contributed by atoms with Gasteiger partial charge in [-0.25, -0.2) is 18.3 Å². The molecule has 3 saturated heterocycles. The van der Waals surface area contributed by atoms with Crippen LogP contribution in [-0.4, -0.2) is 122 Å². The highest BCUT2D eigenvalue weighted by Crippen LogP contribution is 2.37. The number of carbonyl (C=O) groups is 5. The van der Waals surface area contributed by atoms with E-state index in [4.69, 9.17) is 9.72 Å². The summed E-state index contributed by atoms with van der Waals surface area (Å²) in [6.07, 6.45) is 8.10. The Morgan fingerprint density at radius 3 is 2.47 bits per heavy atom. The summed E-state index contributed by atoms with van der Waals surface area (Å²) in [4.78, 5) is 74.5. The summed E-state index contributed by atoms with van der Waals surface area (Å²) in [6, 6.07) is 14.5. The van der Waals surface area contributed by atoms with Crippen molar-refractivity contribution in [1.82, 2.24) is 39.5 Å². The first kappa shape index (κ1) is 43.3. The van der Waals surface area contributed by atoms with Gasteiger partial charge in [-0.3, -0.25) is 38.9 Å². The van der Waals surface area contributed by atoms with Gasteiger partial charge in [0, 0.05) is 50.7 Å². The predicted molar refractivity (Wildman–Crippen MR) is 238 cm³/mol. The standard InChI is InChI=1S/C47H51F2N11O6/c1-56(19-16-28-7-5-27(6-8-28)15-18-50-35-4-2-3-33-40(35)47(65)60(46(33)64)37-13-14-39(61)54-45(37)63)23-29-9-11-30(12-10-29)59-25-36(41(55-59)42(48)49)52-44(62)34-22-51-58-20-17-38(53-43(34)58)57-24-32-21-31(57)26-66-32/h2-8,17,20,22,25,29-32,37,42,50H,9-16,18-19,21,23-24,26H2,1H3,(H,52,62)(H,54,61,63)/t29-,30-,31-,32-,37?/m1/s1. The molecule has 66 heavy (non-hydrogen) atoms. The van der Waals surface area contributed by atoms with Crippen LogP contribution in [-0.2, 0) is 27.2 Å². The number of ether oxygens (including phenoxy) is 1. The van der Waals surface area contributed by atoms with Gasteiger partial charge in [-0.15, -0.1) is 0 Å². The Bertz CT molecular complexity index is 2700. The Labute approximate surface area is 378 Å². The fourth-order valence-corrected chi connectivity index (χ4v) is 10.2. The second-order valence-corrected chi connectivity index (χ2v) is 18.1. The molecule has 7 heterocycles. The lowest BCUT2D eigenvalue weighted by molar-refractivity contribution is -0.136. The average molecular weight is 904 g/mol. The third-order valence-electron chi connectivity index (χ3n) is 13.8. The van der Waals surface area contributed by atoms with E-state index in [-0.39, 0.29) is 53.4 Å². The van der Waals surface area contributed by atoms with Gasteiger partial charge < -0.3 is 25.2 Å². The highest BCUT2D eigenvalue weighted by atomic mass is 19.3. The number of alkyl halides is 2. The second kappa shape index (κ2) is 18.0. The largest absolute Gasteiger partial charge is 0.384 e. The molecule has 4 aliphatic heterocycles. The van der Waals surface area contributed by atoms with Crippen molar-refractivity contribution < 1.29 is 37.5 Å². The number of morpholine rings is 1. The monoisotopic (exact) mass is 903 g/mol. The first-order valence-electron chi connectivity index (χ1n) is 22.7. The fourth-order valence-electron chi connectivity index (χ4n) is 10.2. The number of carbonyl (C=O) groups excluding carboxylic acids is 5. The highest BCUT2D eigenvalue weighted by molar-refractivity contribution is 6.25. The number of hydrogen-bond donors (Lipinski definition) is 3. The topological polar surface area (TPSA) is 188 Å². The molecule has 344 valence electrons. The van der Waals surface area contributed by atoms with E-state index in [1.165, 1.54) is 22.5 Å². The van der Waals surface area contributed by atoms with Crippen molar-refractivity contribution in [3.8, 4) is 0 Å². The molecule has 1 unspecified atom stereocenters. The molecular weight excluding hydrogens is 853 g/mol. The quantitative estimate of drug-likeness (QED) is 0.119. The molecule has 10 rings (SSSR count). The highest BCUT2D eigenvalue weighted by Gasteiger charge is 2.46. The molecule has 1 saturated carbocycles. The van der Waals surface area contributed by atoms with Crippen molar-refractivity contribution in [2.45, 2.75) is 88.4 Å². The van der Waals surface area contributed by atoms with Crippen LogP contribution in [0, 0.1) is 5.92 Å². The molecular formula is C47H51F2N11O6. The van der Waals surface area contributed by atoms with Crippen LogP contribution in [0.1, 0.15) is 105 Å². The average Bonchev–Trinajstić information content (AvgIpc) is 4.17. The Morgan fingerprint density at radius 1 is 0.955 bits per heavy atom. The lowest BCUT2D eigenvalue weighted by Gasteiger charge is -2.31. The normalized spacial score (nSPS) is 22.8. The van der Waals surface area contributed by atoms with Crippen LogP contribution in [0.4, 0.5) is 26.0 Å². The molecule has 17 nitrogen and oxygen atoms in total. The number of amides is 5. The van der Waals surface area contributed by atoms with Crippen LogP contribution in [0.5, 0.6) is 0 Å². The maximum Gasteiger partial charge on any atom is 0.284 e. The van der Waals surface area contributed by atoms with E-state index >= 15 is 0 Å². The van der Waals surface area contributed by atoms with Crippen molar-refractivity contribution in [3.05, 3.63) is 101 Å². The number of nitrogens with one attached hydrogen (secondary N) is 3. The smallest absolute Gasteiger partial charge is 0.284 e. The molecule has 0 spiro atoms. The van der Waals surface area contributed by atoms with Gasteiger partial charge in [-0.1, -0.05) is 30.3 Å². The molecule has 5 amide bonds. The number of halogens is 2. The van der Waals surface area contributed by atoms with Gasteiger partial charge in [0.2, 0.25) is 11.8 Å². The first-order chi connectivity index (χ1) is 32.0. The molecule has 19 heteroatoms. The van der Waals surface area contributed by atoms with E-state index in [9.17, 15) is 32.8 Å². The number of fused-ring (bicyclic) bond motifs is 4. The van der Waals surface area contributed by atoms with Crippen molar-refractivity contribution in [1.29, 1.82) is 0 Å². The minimum absolute atomic E-state index is 0.0147. The molecule has 3 atom stereocenters. The van der Waals surface area contributed by atoms with Crippen LogP contribution < -0.4 is 20.9 Å². The Morgan fingerprint density at radius 2 is 1.74 bits per heavy atom. The zero-order valence-corrected chi connectivity index (χ0v) is 36.5. The Balaban J connectivity index is 0.677. The summed E-state index contributed by atoms with van der Waals surface area (Å²) in [6.45, 7) is 3.69. The first-order valence-corrected chi connectivity index (χ1v) is 22.7. The summed E-state index contributed by atoms with van der Waals surface area (Å²) in [7, 11) is 2.12. The van der Waals surface area contributed by atoms with E-state index in [0.717, 1.165) is 74.4 Å². The molecule has 2 aromatic carbocycles. The van der Waals surface area contributed by atoms with Gasteiger partial charge in [0.05, 0.1) is 47.8 Å². The van der Waals surface area contributed by atoms with E-state index in [0.29, 0.717) is 36.8 Å². The number of benzene rings is 2. The number of aromatic nitrogens is 5. The molecule has 5 aromatic rings. The number of anilines is 3. The number of hydrogen-bond acceptors (Lipinski definition) is 12. The summed E-state index contributed by atoms with van der Waals surface area (Å²) < 4.78 is 37.4. The summed E-state index contributed by atoms with van der Waals surface area (Å²) in [5.41, 5.74) is 3.40. The zero-order valence-electron chi connectivity index (χ0n) is 36.5. The summed E-state index contributed by atoms with van der Waals surface area (Å²) in [5, 5.41) is 16.8. The van der Waals surface area contributed by atoms with Crippen molar-refractivity contribution in [2.75, 3.05) is 55.4 Å². The molecule has 5 aliphatic rings. The van der Waals surface area contributed by atoms with Crippen molar-refractivity contribution in [3.63, 3.8) is 0 Å². The SMILES string of the molecule is CN(CCc1ccc(CCNc2cccc3c2C(=O)N(C2CCC(=O)NC2=O)C3=O)cc1)C[C@H]1CC[C@H](n2cc(NC(=O)c3cnn4ccc(N5C[C@H]6C[C@@H]5CO6)nc34)c(C(F)F)n2)CC1. The predicted octanol–water partition coefficient (Wildman–Crippen LogP) is 5.05. The number of nitrogens with zero attached hydrogens (tertiary/aromatic N) is 8. The second-order valence-electron chi connectivity index (χ2n) is 18.1. The van der Waals surface area contributed by atoms with Gasteiger partial charge in [-0.2, -0.15) is 10.2 Å². The summed E-state index contributed by atoms with van der Waals surface area (Å²) >= 11 is 0. The Kier molecular flexibility index (Phi) is 11.8. The van der Waals surface area contributed by atoms with Gasteiger partial charge in [0.1, 0.15) is 17.4 Å². The summed E-state index contributed by atoms with van der Waals surface area (Å²) in [5.74, 6) is -1.52. The third-order valence-corrected chi connectivity index (χ3v) is 13.8.